The van der Waals surface area contributed by atoms with E-state index in [0.717, 1.165) is 18.1 Å². The highest BCUT2D eigenvalue weighted by Gasteiger charge is 2.25. The second-order valence-corrected chi connectivity index (χ2v) is 5.24. The molecule has 1 heterocycles. The molecule has 1 N–H and O–H groups in total. The molecule has 2 aliphatic rings. The van der Waals surface area contributed by atoms with E-state index in [0.29, 0.717) is 6.10 Å². The normalized spacial score (nSPS) is 22.2. The molecule has 0 bridgehead atoms. The Morgan fingerprint density at radius 2 is 2.00 bits per heavy atom. The Morgan fingerprint density at radius 1 is 1.19 bits per heavy atom. The summed E-state index contributed by atoms with van der Waals surface area (Å²) in [7, 11) is 0. The Kier molecular flexibility index (Phi) is 2.85. The van der Waals surface area contributed by atoms with Gasteiger partial charge in [0.2, 0.25) is 0 Å². The van der Waals surface area contributed by atoms with Gasteiger partial charge < -0.3 is 4.74 Å². The van der Waals surface area contributed by atoms with E-state index in [-0.39, 0.29) is 0 Å². The quantitative estimate of drug-likeness (QED) is 0.846. The Hall–Kier alpha value is -0.990. The minimum Gasteiger partial charge on any atom is -0.487 e. The highest BCUT2D eigenvalue weighted by Crippen LogP contribution is 2.35. The first kappa shape index (κ1) is 10.2. The number of ether oxygens (including phenoxy) is 1. The van der Waals surface area contributed by atoms with Gasteiger partial charge in [-0.1, -0.05) is 6.42 Å². The standard InChI is InChI=1S/C13H20N2O/c1-2-4-11(5-3-1)16-13-9-14-15-12(13)8-10-6-7-10/h9-11H,1-8H2,(H,14,15). The maximum atomic E-state index is 6.06. The third kappa shape index (κ3) is 2.39. The molecular formula is C13H20N2O. The van der Waals surface area contributed by atoms with Crippen molar-refractivity contribution in [2.24, 2.45) is 5.92 Å². The van der Waals surface area contributed by atoms with E-state index in [9.17, 15) is 0 Å². The number of hydrogen-bond acceptors (Lipinski definition) is 2. The maximum Gasteiger partial charge on any atom is 0.160 e. The van der Waals surface area contributed by atoms with Crippen LogP contribution >= 0.6 is 0 Å². The summed E-state index contributed by atoms with van der Waals surface area (Å²) in [6.07, 6.45) is 12.6. The van der Waals surface area contributed by atoms with E-state index < -0.39 is 0 Å². The molecule has 0 atom stereocenters. The summed E-state index contributed by atoms with van der Waals surface area (Å²) < 4.78 is 6.06. The molecule has 0 amide bonds. The van der Waals surface area contributed by atoms with Gasteiger partial charge in [0.1, 0.15) is 0 Å². The molecule has 3 nitrogen and oxygen atoms in total. The fraction of sp³-hybridized carbons (Fsp3) is 0.769. The Morgan fingerprint density at radius 3 is 2.75 bits per heavy atom. The van der Waals surface area contributed by atoms with Gasteiger partial charge in [0, 0.05) is 0 Å². The van der Waals surface area contributed by atoms with Gasteiger partial charge in [-0.2, -0.15) is 5.10 Å². The number of aromatic nitrogens is 2. The van der Waals surface area contributed by atoms with Crippen LogP contribution in [0.2, 0.25) is 0 Å². The minimum atomic E-state index is 0.435. The van der Waals surface area contributed by atoms with Crippen molar-refractivity contribution in [3.05, 3.63) is 11.9 Å². The van der Waals surface area contributed by atoms with E-state index in [1.54, 1.807) is 0 Å². The van der Waals surface area contributed by atoms with E-state index in [4.69, 9.17) is 4.74 Å². The van der Waals surface area contributed by atoms with Crippen molar-refractivity contribution in [3.8, 4) is 5.75 Å². The molecule has 1 aromatic rings. The highest BCUT2D eigenvalue weighted by molar-refractivity contribution is 5.25. The van der Waals surface area contributed by atoms with Crippen LogP contribution in [-0.2, 0) is 6.42 Å². The Bertz CT molecular complexity index is 337. The molecule has 3 rings (SSSR count). The molecule has 3 heteroatoms. The van der Waals surface area contributed by atoms with Gasteiger partial charge in [0.25, 0.3) is 0 Å². The average Bonchev–Trinajstić information content (AvgIpc) is 3.02. The molecule has 0 saturated heterocycles. The third-order valence-corrected chi connectivity index (χ3v) is 3.71. The Labute approximate surface area is 96.6 Å². The number of aromatic amines is 1. The van der Waals surface area contributed by atoms with E-state index >= 15 is 0 Å². The van der Waals surface area contributed by atoms with Crippen molar-refractivity contribution in [2.45, 2.75) is 57.5 Å². The molecule has 1 aromatic heterocycles. The van der Waals surface area contributed by atoms with Crippen LogP contribution in [0.3, 0.4) is 0 Å². The summed E-state index contributed by atoms with van der Waals surface area (Å²) in [5, 5.41) is 7.21. The number of H-pyrrole nitrogens is 1. The average molecular weight is 220 g/mol. The minimum absolute atomic E-state index is 0.435. The lowest BCUT2D eigenvalue weighted by Crippen LogP contribution is -2.20. The second kappa shape index (κ2) is 4.48. The lowest BCUT2D eigenvalue weighted by atomic mass is 9.98. The molecule has 88 valence electrons. The summed E-state index contributed by atoms with van der Waals surface area (Å²) in [4.78, 5) is 0. The lowest BCUT2D eigenvalue weighted by Gasteiger charge is -2.22. The van der Waals surface area contributed by atoms with E-state index in [2.05, 4.69) is 10.2 Å². The van der Waals surface area contributed by atoms with Gasteiger partial charge in [-0.05, 0) is 50.9 Å². The molecule has 0 aliphatic heterocycles. The van der Waals surface area contributed by atoms with Crippen LogP contribution in [0.4, 0.5) is 0 Å². The van der Waals surface area contributed by atoms with Crippen LogP contribution in [-0.4, -0.2) is 16.3 Å². The van der Waals surface area contributed by atoms with Crippen molar-refractivity contribution in [3.63, 3.8) is 0 Å². The van der Waals surface area contributed by atoms with Crippen LogP contribution < -0.4 is 4.74 Å². The van der Waals surface area contributed by atoms with Crippen molar-refractivity contribution >= 4 is 0 Å². The molecule has 2 fully saturated rings. The van der Waals surface area contributed by atoms with Gasteiger partial charge in [-0.25, -0.2) is 0 Å². The number of hydrogen-bond donors (Lipinski definition) is 1. The fourth-order valence-corrected chi connectivity index (χ4v) is 2.52. The van der Waals surface area contributed by atoms with Gasteiger partial charge in [0.15, 0.2) is 5.75 Å². The zero-order valence-corrected chi connectivity index (χ0v) is 9.74. The molecule has 0 spiro atoms. The molecule has 0 unspecified atom stereocenters. The predicted octanol–water partition coefficient (Wildman–Crippen LogP) is 3.07. The van der Waals surface area contributed by atoms with Crippen molar-refractivity contribution in [2.75, 3.05) is 0 Å². The molecule has 16 heavy (non-hydrogen) atoms. The van der Waals surface area contributed by atoms with Crippen LogP contribution in [0.5, 0.6) is 5.75 Å². The van der Waals surface area contributed by atoms with Crippen LogP contribution in [0.1, 0.15) is 50.6 Å². The number of nitrogens with one attached hydrogen (secondary N) is 1. The monoisotopic (exact) mass is 220 g/mol. The molecular weight excluding hydrogens is 200 g/mol. The highest BCUT2D eigenvalue weighted by atomic mass is 16.5. The summed E-state index contributed by atoms with van der Waals surface area (Å²) in [5.74, 6) is 1.90. The SMILES string of the molecule is c1n[nH]c(CC2CC2)c1OC1CCCCC1. The van der Waals surface area contributed by atoms with Gasteiger partial charge in [0.05, 0.1) is 18.0 Å². The summed E-state index contributed by atoms with van der Waals surface area (Å²) in [6, 6.07) is 0. The summed E-state index contributed by atoms with van der Waals surface area (Å²) in [5.41, 5.74) is 1.22. The van der Waals surface area contributed by atoms with Crippen LogP contribution in [0, 0.1) is 5.92 Å². The van der Waals surface area contributed by atoms with Gasteiger partial charge in [-0.15, -0.1) is 0 Å². The van der Waals surface area contributed by atoms with Crippen molar-refractivity contribution < 1.29 is 4.74 Å². The number of nitrogens with zero attached hydrogens (tertiary/aromatic N) is 1. The molecule has 0 aromatic carbocycles. The van der Waals surface area contributed by atoms with Gasteiger partial charge in [-0.3, -0.25) is 5.10 Å². The molecule has 0 radical (unpaired) electrons. The van der Waals surface area contributed by atoms with Crippen molar-refractivity contribution in [1.29, 1.82) is 0 Å². The Balaban J connectivity index is 1.61. The largest absolute Gasteiger partial charge is 0.487 e. The first-order valence-electron chi connectivity index (χ1n) is 6.61. The van der Waals surface area contributed by atoms with Crippen LogP contribution in [0.25, 0.3) is 0 Å². The van der Waals surface area contributed by atoms with E-state index in [1.807, 2.05) is 6.20 Å². The fourth-order valence-electron chi connectivity index (χ4n) is 2.52. The maximum absolute atomic E-state index is 6.06. The lowest BCUT2D eigenvalue weighted by molar-refractivity contribution is 0.153. The first-order valence-corrected chi connectivity index (χ1v) is 6.61. The summed E-state index contributed by atoms with van der Waals surface area (Å²) in [6.45, 7) is 0. The van der Waals surface area contributed by atoms with Gasteiger partial charge >= 0.3 is 0 Å². The van der Waals surface area contributed by atoms with Crippen LogP contribution in [0.15, 0.2) is 6.20 Å². The third-order valence-electron chi connectivity index (χ3n) is 3.71. The first-order chi connectivity index (χ1) is 7.92. The topological polar surface area (TPSA) is 37.9 Å². The smallest absolute Gasteiger partial charge is 0.160 e. The zero-order valence-electron chi connectivity index (χ0n) is 9.74. The molecule has 2 aliphatic carbocycles. The predicted molar refractivity (Wildman–Crippen MR) is 62.5 cm³/mol. The molecule has 2 saturated carbocycles. The number of rotatable bonds is 4. The zero-order chi connectivity index (χ0) is 10.8. The van der Waals surface area contributed by atoms with Crippen molar-refractivity contribution in [1.82, 2.24) is 10.2 Å². The summed E-state index contributed by atoms with van der Waals surface area (Å²) >= 11 is 0. The second-order valence-electron chi connectivity index (χ2n) is 5.24. The van der Waals surface area contributed by atoms with E-state index in [1.165, 1.54) is 50.6 Å².